The van der Waals surface area contributed by atoms with Gasteiger partial charge in [-0.25, -0.2) is 9.97 Å². The zero-order chi connectivity index (χ0) is 25.2. The van der Waals surface area contributed by atoms with Crippen LogP contribution < -0.4 is 20.9 Å². The summed E-state index contributed by atoms with van der Waals surface area (Å²) in [5.41, 5.74) is 17.4. The van der Waals surface area contributed by atoms with Crippen molar-refractivity contribution in [2.45, 2.75) is 13.5 Å². The van der Waals surface area contributed by atoms with Gasteiger partial charge in [-0.15, -0.1) is 0 Å². The molecular weight excluding hydrogens is 456 g/mol. The summed E-state index contributed by atoms with van der Waals surface area (Å²) in [6, 6.07) is 18.7. The first-order chi connectivity index (χ1) is 17.5. The molecule has 180 valence electrons. The lowest BCUT2D eigenvalue weighted by Gasteiger charge is -2.15. The molecule has 9 heteroatoms. The van der Waals surface area contributed by atoms with Gasteiger partial charge in [0.15, 0.2) is 5.69 Å². The van der Waals surface area contributed by atoms with E-state index in [-0.39, 0.29) is 18.0 Å². The Morgan fingerprint density at radius 3 is 2.67 bits per heavy atom. The summed E-state index contributed by atoms with van der Waals surface area (Å²) < 4.78 is 11.3. The highest BCUT2D eigenvalue weighted by Gasteiger charge is 2.20. The Morgan fingerprint density at radius 1 is 1.03 bits per heavy atom. The van der Waals surface area contributed by atoms with Crippen LogP contribution in [-0.4, -0.2) is 33.2 Å². The zero-order valence-corrected chi connectivity index (χ0v) is 19.8. The Morgan fingerprint density at radius 2 is 1.86 bits per heavy atom. The molecule has 2 aromatic carbocycles. The van der Waals surface area contributed by atoms with E-state index in [1.54, 1.807) is 25.4 Å². The van der Waals surface area contributed by atoms with E-state index >= 15 is 0 Å². The first kappa shape index (κ1) is 22.9. The summed E-state index contributed by atoms with van der Waals surface area (Å²) in [7, 11) is 1.62. The molecule has 0 spiro atoms. The third-order valence-corrected chi connectivity index (χ3v) is 5.95. The smallest absolute Gasteiger partial charge is 0.269 e. The normalized spacial score (nSPS) is 10.9. The number of carbonyl (C=O) groups excluding carboxylic acids is 1. The van der Waals surface area contributed by atoms with Crippen LogP contribution in [0.5, 0.6) is 11.6 Å². The van der Waals surface area contributed by atoms with Crippen LogP contribution in [0.2, 0.25) is 0 Å². The van der Waals surface area contributed by atoms with E-state index in [1.807, 2.05) is 55.5 Å². The van der Waals surface area contributed by atoms with Crippen molar-refractivity contribution >= 4 is 22.5 Å². The van der Waals surface area contributed by atoms with E-state index in [0.717, 1.165) is 33.3 Å². The van der Waals surface area contributed by atoms with Crippen molar-refractivity contribution in [1.82, 2.24) is 20.2 Å². The number of aryl methyl sites for hydroxylation is 1. The summed E-state index contributed by atoms with van der Waals surface area (Å²) in [6.45, 7) is 2.24. The monoisotopic (exact) mass is 480 g/mol. The number of benzene rings is 2. The molecule has 9 nitrogen and oxygen atoms in total. The Labute approximate surface area is 207 Å². The summed E-state index contributed by atoms with van der Waals surface area (Å²) in [5.74, 6) is 0.400. The van der Waals surface area contributed by atoms with Crippen LogP contribution in [0.4, 0.5) is 5.69 Å². The minimum Gasteiger partial charge on any atom is -0.496 e. The molecule has 0 aliphatic carbocycles. The van der Waals surface area contributed by atoms with Crippen molar-refractivity contribution in [2.24, 2.45) is 5.73 Å². The topological polar surface area (TPSA) is 142 Å². The van der Waals surface area contributed by atoms with Crippen molar-refractivity contribution in [2.75, 3.05) is 12.8 Å². The number of para-hydroxylation sites is 1. The summed E-state index contributed by atoms with van der Waals surface area (Å²) in [4.78, 5) is 21.3. The number of anilines is 1. The van der Waals surface area contributed by atoms with Crippen LogP contribution in [-0.2, 0) is 6.61 Å². The SMILES string of the molecule is COc1ccccc1COc1cccc(-c2cc(-c3c(C)ccc4[nH]ncc34)c(N)c(C(N)=O)n2)n1. The van der Waals surface area contributed by atoms with Gasteiger partial charge in [0.2, 0.25) is 5.88 Å². The summed E-state index contributed by atoms with van der Waals surface area (Å²) in [5, 5.41) is 7.99. The Bertz CT molecular complexity index is 1590. The number of rotatable bonds is 7. The second kappa shape index (κ2) is 9.38. The predicted molar refractivity (Wildman–Crippen MR) is 138 cm³/mol. The summed E-state index contributed by atoms with van der Waals surface area (Å²) in [6.07, 6.45) is 1.73. The maximum atomic E-state index is 12.3. The lowest BCUT2D eigenvalue weighted by Crippen LogP contribution is -2.17. The van der Waals surface area contributed by atoms with Gasteiger partial charge in [0.1, 0.15) is 12.4 Å². The van der Waals surface area contributed by atoms with E-state index in [9.17, 15) is 4.79 Å². The number of methoxy groups -OCH3 is 1. The number of hydrogen-bond donors (Lipinski definition) is 3. The molecular formula is C27H24N6O3. The molecule has 0 unspecified atom stereocenters. The fourth-order valence-electron chi connectivity index (χ4n) is 4.18. The van der Waals surface area contributed by atoms with E-state index in [1.165, 1.54) is 0 Å². The molecule has 0 radical (unpaired) electrons. The summed E-state index contributed by atoms with van der Waals surface area (Å²) >= 11 is 0. The number of primary amides is 1. The molecule has 0 saturated carbocycles. The standard InChI is InChI=1S/C27H24N6O3/c1-15-10-11-19-18(13-30-33-19)24(15)17-12-21(32-26(25(17)28)27(29)34)20-7-5-9-23(31-20)36-14-16-6-3-4-8-22(16)35-2/h3-13H,14,28H2,1-2H3,(H2,29,34)(H,30,33). The number of amides is 1. The highest BCUT2D eigenvalue weighted by Crippen LogP contribution is 2.38. The number of nitrogens with zero attached hydrogens (tertiary/aromatic N) is 3. The molecule has 0 aliphatic rings. The predicted octanol–water partition coefficient (Wildman–Crippen LogP) is 4.26. The first-order valence-corrected chi connectivity index (χ1v) is 11.2. The number of ether oxygens (including phenoxy) is 2. The van der Waals surface area contributed by atoms with Gasteiger partial charge in [-0.3, -0.25) is 9.89 Å². The van der Waals surface area contributed by atoms with Gasteiger partial charge in [0.05, 0.1) is 35.9 Å². The van der Waals surface area contributed by atoms with Gasteiger partial charge in [-0.2, -0.15) is 5.10 Å². The minimum absolute atomic E-state index is 0.0236. The molecule has 5 N–H and O–H groups in total. The van der Waals surface area contributed by atoms with E-state index in [2.05, 4.69) is 20.2 Å². The highest BCUT2D eigenvalue weighted by molar-refractivity contribution is 6.05. The molecule has 1 amide bonds. The van der Waals surface area contributed by atoms with Crippen molar-refractivity contribution in [3.63, 3.8) is 0 Å². The van der Waals surface area contributed by atoms with Crippen molar-refractivity contribution in [3.8, 4) is 34.1 Å². The third-order valence-electron chi connectivity index (χ3n) is 5.95. The van der Waals surface area contributed by atoms with Crippen molar-refractivity contribution in [3.05, 3.63) is 83.7 Å². The number of hydrogen-bond acceptors (Lipinski definition) is 7. The second-order valence-electron chi connectivity index (χ2n) is 8.23. The number of nitrogens with two attached hydrogens (primary N) is 2. The van der Waals surface area contributed by atoms with Crippen LogP contribution >= 0.6 is 0 Å². The quantitative estimate of drug-likeness (QED) is 0.316. The highest BCUT2D eigenvalue weighted by atomic mass is 16.5. The largest absolute Gasteiger partial charge is 0.496 e. The van der Waals surface area contributed by atoms with Gasteiger partial charge in [0, 0.05) is 22.6 Å². The first-order valence-electron chi connectivity index (χ1n) is 11.2. The molecule has 3 heterocycles. The lowest BCUT2D eigenvalue weighted by molar-refractivity contribution is 0.0996. The van der Waals surface area contributed by atoms with Gasteiger partial charge < -0.3 is 20.9 Å². The maximum absolute atomic E-state index is 12.3. The molecule has 5 aromatic rings. The Hall–Kier alpha value is -4.92. The molecule has 0 atom stereocenters. The average molecular weight is 481 g/mol. The second-order valence-corrected chi connectivity index (χ2v) is 8.23. The number of fused-ring (bicyclic) bond motifs is 1. The van der Waals surface area contributed by atoms with Crippen LogP contribution in [0.15, 0.2) is 66.9 Å². The van der Waals surface area contributed by atoms with Crippen molar-refractivity contribution in [1.29, 1.82) is 0 Å². The van der Waals surface area contributed by atoms with Gasteiger partial charge in [0.25, 0.3) is 5.91 Å². The number of pyridine rings is 2. The molecule has 0 fully saturated rings. The molecule has 0 saturated heterocycles. The van der Waals surface area contributed by atoms with Gasteiger partial charge in [-0.05, 0) is 42.3 Å². The van der Waals surface area contributed by atoms with E-state index in [0.29, 0.717) is 22.8 Å². The third kappa shape index (κ3) is 4.18. The maximum Gasteiger partial charge on any atom is 0.269 e. The van der Waals surface area contributed by atoms with Crippen molar-refractivity contribution < 1.29 is 14.3 Å². The number of carbonyl (C=O) groups is 1. The lowest BCUT2D eigenvalue weighted by atomic mass is 9.94. The molecule has 0 aliphatic heterocycles. The fourth-order valence-corrected chi connectivity index (χ4v) is 4.18. The van der Waals surface area contributed by atoms with Crippen LogP contribution in [0.1, 0.15) is 21.6 Å². The fraction of sp³-hybridized carbons (Fsp3) is 0.111. The number of H-pyrrole nitrogens is 1. The molecule has 5 rings (SSSR count). The average Bonchev–Trinajstić information content (AvgIpc) is 3.37. The zero-order valence-electron chi connectivity index (χ0n) is 19.8. The van der Waals surface area contributed by atoms with Crippen LogP contribution in [0, 0.1) is 6.92 Å². The van der Waals surface area contributed by atoms with Gasteiger partial charge >= 0.3 is 0 Å². The number of nitrogens with one attached hydrogen (secondary N) is 1. The van der Waals surface area contributed by atoms with Crippen LogP contribution in [0.3, 0.4) is 0 Å². The minimum atomic E-state index is -0.726. The number of aromatic amines is 1. The number of aromatic nitrogens is 4. The molecule has 3 aromatic heterocycles. The Kier molecular flexibility index (Phi) is 5.95. The van der Waals surface area contributed by atoms with E-state index < -0.39 is 5.91 Å². The van der Waals surface area contributed by atoms with E-state index in [4.69, 9.17) is 20.9 Å². The van der Waals surface area contributed by atoms with Gasteiger partial charge in [-0.1, -0.05) is 30.3 Å². The van der Waals surface area contributed by atoms with Crippen LogP contribution in [0.25, 0.3) is 33.4 Å². The Balaban J connectivity index is 1.58. The molecule has 36 heavy (non-hydrogen) atoms. The molecule has 0 bridgehead atoms. The number of nitrogen functional groups attached to an aromatic ring is 1.